The first-order valence-electron chi connectivity index (χ1n) is 36.2. The predicted octanol–water partition coefficient (Wildman–Crippen LogP) is 14.5. The fourth-order valence-corrected chi connectivity index (χ4v) is 15.8. The van der Waals surface area contributed by atoms with E-state index in [1.54, 1.807) is 127 Å². The van der Waals surface area contributed by atoms with Gasteiger partial charge in [-0.1, -0.05) is 99.7 Å². The Morgan fingerprint density at radius 1 is 0.375 bits per heavy atom. The van der Waals surface area contributed by atoms with Gasteiger partial charge in [0.1, 0.15) is 51.2 Å². The summed E-state index contributed by atoms with van der Waals surface area (Å²) in [5.41, 5.74) is 26.6. The van der Waals surface area contributed by atoms with E-state index in [0.717, 1.165) is 51.9 Å². The number of nitrogens with zero attached hydrogens (tertiary/aromatic N) is 18. The van der Waals surface area contributed by atoms with Gasteiger partial charge in [-0.3, -0.25) is 19.0 Å². The van der Waals surface area contributed by atoms with E-state index in [1.165, 1.54) is 42.5 Å². The lowest BCUT2D eigenvalue weighted by molar-refractivity contribution is -0.135. The summed E-state index contributed by atoms with van der Waals surface area (Å²) in [6.45, 7) is 8.82. The van der Waals surface area contributed by atoms with E-state index < -0.39 is 36.0 Å². The van der Waals surface area contributed by atoms with E-state index in [-0.39, 0.29) is 107 Å². The highest BCUT2D eigenvalue weighted by Crippen LogP contribution is 2.39. The van der Waals surface area contributed by atoms with Gasteiger partial charge in [0.25, 0.3) is 30.1 Å². The third-order valence-electron chi connectivity index (χ3n) is 17.0. The van der Waals surface area contributed by atoms with Gasteiger partial charge in [0, 0.05) is 22.9 Å². The number of esters is 1. The Balaban J connectivity index is 0.000000158. The molecular weight excluding hydrogens is 1670 g/mol. The second kappa shape index (κ2) is 39.7. The van der Waals surface area contributed by atoms with Gasteiger partial charge < -0.3 is 49.5 Å². The first kappa shape index (κ1) is 84.6. The molecule has 38 nitrogen and oxygen atoms in total. The molecule has 0 radical (unpaired) electrons. The third kappa shape index (κ3) is 21.9. The Hall–Kier alpha value is -13.4. The van der Waals surface area contributed by atoms with Crippen LogP contribution in [0.1, 0.15) is 23.1 Å². The van der Waals surface area contributed by atoms with Gasteiger partial charge in [-0.15, -0.1) is 0 Å². The van der Waals surface area contributed by atoms with Crippen molar-refractivity contribution in [3.8, 4) is 17.2 Å². The van der Waals surface area contributed by atoms with Crippen molar-refractivity contribution in [2.24, 2.45) is 10.2 Å². The minimum absolute atomic E-state index is 0.00388. The molecule has 9 aromatic carbocycles. The Morgan fingerprint density at radius 3 is 1.07 bits per heavy atom. The minimum atomic E-state index is -3.99. The Bertz CT molecular complexity index is 6650. The number of sulfonamides is 3. The van der Waals surface area contributed by atoms with E-state index in [9.17, 15) is 35.2 Å². The summed E-state index contributed by atoms with van der Waals surface area (Å²) in [6.07, 6.45) is -0.00501. The summed E-state index contributed by atoms with van der Waals surface area (Å²) in [7, 11) is -11.9. The molecule has 6 aromatic heterocycles. The second-order valence-corrected chi connectivity index (χ2v) is 32.2. The first-order chi connectivity index (χ1) is 58.2. The summed E-state index contributed by atoms with van der Waals surface area (Å²) < 4.78 is 145. The van der Waals surface area contributed by atoms with Gasteiger partial charge in [-0.05, 0) is 141 Å². The Morgan fingerprint density at radius 2 is 0.683 bits per heavy atom. The van der Waals surface area contributed by atoms with E-state index in [1.807, 2.05) is 32.9 Å². The minimum Gasteiger partial charge on any atom is -0.506 e. The van der Waals surface area contributed by atoms with E-state index >= 15 is 0 Å². The lowest BCUT2D eigenvalue weighted by Gasteiger charge is -2.15. The number of aromatic nitrogens is 12. The monoisotopic (exact) mass is 1730 g/mol. The number of fused-ring (bicyclic) bond motifs is 6. The molecule has 0 aliphatic heterocycles. The summed E-state index contributed by atoms with van der Waals surface area (Å²) in [5, 5.41) is 26.2. The molecule has 614 valence electrons. The van der Waals surface area contributed by atoms with Gasteiger partial charge in [0.15, 0.2) is 40.7 Å². The number of phenolic OH excluding ortho intramolecular Hbond substituents is 1. The maximum Gasteiger partial charge on any atom is 0.313 e. The number of ether oxygens (including phenoxy) is 6. The summed E-state index contributed by atoms with van der Waals surface area (Å²) in [6, 6.07) is 50.7. The number of carbonyl (C=O) groups is 1. The van der Waals surface area contributed by atoms with Crippen LogP contribution in [0.5, 0.6) is 17.2 Å². The number of anilines is 9. The molecule has 15 rings (SSSR count). The number of rotatable bonds is 35. The summed E-state index contributed by atoms with van der Waals surface area (Å²) in [4.78, 5) is 45.5. The molecule has 0 spiro atoms. The van der Waals surface area contributed by atoms with Crippen molar-refractivity contribution in [1.82, 2.24) is 56.1 Å². The van der Waals surface area contributed by atoms with Crippen molar-refractivity contribution < 1.29 is 63.6 Å². The quantitative estimate of drug-likeness (QED) is 0.00369. The van der Waals surface area contributed by atoms with Crippen LogP contribution >= 0.6 is 35.2 Å². The fourth-order valence-electron chi connectivity index (χ4n) is 11.1. The van der Waals surface area contributed by atoms with Gasteiger partial charge in [0.05, 0.1) is 159 Å². The van der Waals surface area contributed by atoms with E-state index in [4.69, 9.17) is 39.5 Å². The molecule has 7 N–H and O–H groups in total. The van der Waals surface area contributed by atoms with E-state index in [0.29, 0.717) is 122 Å². The van der Waals surface area contributed by atoms with Crippen LogP contribution in [0.3, 0.4) is 0 Å². The zero-order valence-electron chi connectivity index (χ0n) is 63.6. The van der Waals surface area contributed by atoms with Gasteiger partial charge in [0.2, 0.25) is 0 Å². The smallest absolute Gasteiger partial charge is 0.313 e. The molecule has 0 unspecified atom stereocenters. The fraction of sp³-hybridized carbons (Fsp3) is 0.197. The van der Waals surface area contributed by atoms with E-state index in [2.05, 4.69) is 106 Å². The molecule has 0 amide bonds. The SMILES string of the molecule is Cc1ccc(S(=O)(=O)Nc2nc3ccccc3nc2Nc2ccc(O)c3nsnc23)cc1.Cc1ccc(S(=O)(=O)Nc2nc3ccccc3nc2Nc2ccc(OC(=O)CCOCCOCCN=[N+]=[N-])c3nsnc23)cc1.Cc1ccc(S(=O)(=O)Nc2nc3ccccc3nc2Nc2ccc(OCCOCCOCCN=[N+]=[N-])c3nsnc23)cc1. The van der Waals surface area contributed by atoms with Crippen LogP contribution in [0.15, 0.2) is 207 Å². The molecule has 0 atom stereocenters. The molecule has 0 bridgehead atoms. The average Bonchev–Trinajstić information content (AvgIpc) is 1.27. The topological polar surface area (TPSA) is 519 Å². The van der Waals surface area contributed by atoms with Crippen LogP contribution in [0, 0.1) is 20.8 Å². The first-order valence-corrected chi connectivity index (χ1v) is 42.8. The molecule has 15 aromatic rings. The number of hydrogen-bond donors (Lipinski definition) is 7. The standard InChI is InChI=1S/C28H27N9O6S2.C27H27N9O5S2.C21H16N6O3S2/c1-18-6-8-19(9-7-18)45(39,40)36-28-27(31-20-4-2-3-5-21(20)32-28)33-22-10-11-23(26-25(22)34-44-35-26)43-24(38)12-14-41-16-17-42-15-13-30-37-29;1-18-6-8-19(9-7-18)43(37,38)35-27-26(30-20-4-2-3-5-21(20)31-27)32-22-10-11-23(25-24(22)33-42-34-25)41-17-16-40-15-14-39-13-12-29-36-28;1-12-6-8-13(9-7-12)32(29,30)27-21-20(22-14-4-2-3-5-15(14)23-21)24-16-10-11-17(28)19-18(16)25-31-26-19/h2-11H,12-17H2,1H3,(H,31,33)(H,32,36);2-11H,12-17H2,1H3,(H,30,32)(H,31,35);2-11,28H,1H3,(H,22,24)(H,23,27). The second-order valence-electron chi connectivity index (χ2n) is 25.5. The number of carbonyl (C=O) groups excluding carboxylic acids is 1. The van der Waals surface area contributed by atoms with Crippen molar-refractivity contribution in [3.63, 3.8) is 0 Å². The number of aromatic hydroxyl groups is 1. The van der Waals surface area contributed by atoms with Gasteiger partial charge in [-0.2, -0.15) is 26.2 Å². The lowest BCUT2D eigenvalue weighted by Crippen LogP contribution is -2.16. The maximum absolute atomic E-state index is 13.2. The molecule has 0 saturated carbocycles. The Kier molecular flexibility index (Phi) is 28.0. The van der Waals surface area contributed by atoms with Crippen molar-refractivity contribution in [2.45, 2.75) is 41.9 Å². The summed E-state index contributed by atoms with van der Waals surface area (Å²) in [5.74, 6) is 0.806. The maximum atomic E-state index is 13.2. The number of para-hydroxylation sites is 6. The van der Waals surface area contributed by atoms with Crippen molar-refractivity contribution in [2.75, 3.05) is 103 Å². The predicted molar refractivity (Wildman–Crippen MR) is 455 cm³/mol. The molecule has 44 heteroatoms. The largest absolute Gasteiger partial charge is 0.506 e. The highest BCUT2D eigenvalue weighted by molar-refractivity contribution is 7.93. The molecule has 0 aliphatic carbocycles. The van der Waals surface area contributed by atoms with Gasteiger partial charge >= 0.3 is 5.97 Å². The Labute approximate surface area is 696 Å². The van der Waals surface area contributed by atoms with Crippen LogP contribution in [-0.2, 0) is 53.8 Å². The lowest BCUT2D eigenvalue weighted by atomic mass is 10.2. The normalized spacial score (nSPS) is 11.4. The number of phenols is 1. The number of azide groups is 2. The third-order valence-corrected chi connectivity index (χ3v) is 22.7. The van der Waals surface area contributed by atoms with Crippen molar-refractivity contribution in [3.05, 3.63) is 220 Å². The van der Waals surface area contributed by atoms with Crippen LogP contribution in [-0.4, -0.2) is 165 Å². The number of nitrogens with one attached hydrogen (secondary N) is 6. The molecular formula is C76H70N24O14S6. The van der Waals surface area contributed by atoms with Gasteiger partial charge in [-0.25, -0.2) is 55.2 Å². The average molecular weight is 1740 g/mol. The molecule has 120 heavy (non-hydrogen) atoms. The van der Waals surface area contributed by atoms with Crippen LogP contribution in [0.2, 0.25) is 0 Å². The molecule has 6 heterocycles. The highest BCUT2D eigenvalue weighted by atomic mass is 32.2. The van der Waals surface area contributed by atoms with Crippen LogP contribution in [0.4, 0.5) is 52.0 Å². The molecule has 0 aliphatic rings. The highest BCUT2D eigenvalue weighted by Gasteiger charge is 2.26. The number of aryl methyl sites for hydroxylation is 3. The molecule has 0 saturated heterocycles. The van der Waals surface area contributed by atoms with Crippen LogP contribution in [0.25, 0.3) is 87.1 Å². The molecule has 0 fully saturated rings. The zero-order valence-corrected chi connectivity index (χ0v) is 68.5. The zero-order chi connectivity index (χ0) is 84.0. The van der Waals surface area contributed by atoms with Crippen LogP contribution < -0.4 is 39.6 Å². The number of hydrogen-bond acceptors (Lipinski definition) is 34. The van der Waals surface area contributed by atoms with Crippen molar-refractivity contribution >= 4 is 189 Å². The number of benzene rings is 9. The summed E-state index contributed by atoms with van der Waals surface area (Å²) >= 11 is 2.90. The van der Waals surface area contributed by atoms with Crippen molar-refractivity contribution in [1.29, 1.82) is 0 Å².